The average Bonchev–Trinajstić information content (AvgIpc) is 3.09. The SMILES string of the molecule is COc1ccc(OC)c(-c2[nH]c3cc(C(F)(F)F)cc(C(F)(F)F)c3c2CCCCN)c1. The number of fused-ring (bicyclic) bond motifs is 1. The third-order valence-corrected chi connectivity index (χ3v) is 5.19. The maximum atomic E-state index is 13.9. The molecule has 10 heteroatoms. The molecule has 174 valence electrons. The van der Waals surface area contributed by atoms with Crippen LogP contribution in [-0.2, 0) is 18.8 Å². The van der Waals surface area contributed by atoms with E-state index < -0.39 is 23.5 Å². The van der Waals surface area contributed by atoms with Gasteiger partial charge in [-0.05, 0) is 61.7 Å². The second kappa shape index (κ2) is 8.93. The van der Waals surface area contributed by atoms with Gasteiger partial charge in [-0.15, -0.1) is 0 Å². The van der Waals surface area contributed by atoms with Gasteiger partial charge in [-0.2, -0.15) is 26.3 Å². The molecule has 0 aliphatic heterocycles. The Morgan fingerprint density at radius 3 is 2.19 bits per heavy atom. The van der Waals surface area contributed by atoms with Crippen LogP contribution in [0.25, 0.3) is 22.2 Å². The van der Waals surface area contributed by atoms with Crippen LogP contribution in [0.3, 0.4) is 0 Å². The van der Waals surface area contributed by atoms with E-state index in [0.29, 0.717) is 42.5 Å². The lowest BCUT2D eigenvalue weighted by molar-refractivity contribution is -0.142. The van der Waals surface area contributed by atoms with Gasteiger partial charge in [-0.3, -0.25) is 0 Å². The molecule has 3 rings (SSSR count). The molecule has 0 spiro atoms. The molecular weight excluding hydrogens is 438 g/mol. The zero-order chi connectivity index (χ0) is 23.7. The Balaban J connectivity index is 2.40. The summed E-state index contributed by atoms with van der Waals surface area (Å²) in [6, 6.07) is 5.62. The highest BCUT2D eigenvalue weighted by Gasteiger charge is 2.39. The third kappa shape index (κ3) is 4.64. The zero-order valence-electron chi connectivity index (χ0n) is 17.4. The van der Waals surface area contributed by atoms with E-state index in [4.69, 9.17) is 15.2 Å². The lowest BCUT2D eigenvalue weighted by atomic mass is 9.95. The normalized spacial score (nSPS) is 12.4. The minimum absolute atomic E-state index is 0.162. The fourth-order valence-electron chi connectivity index (χ4n) is 3.72. The summed E-state index contributed by atoms with van der Waals surface area (Å²) >= 11 is 0. The molecule has 0 fully saturated rings. The summed E-state index contributed by atoms with van der Waals surface area (Å²) in [6.07, 6.45) is -8.74. The van der Waals surface area contributed by atoms with Crippen LogP contribution in [0.15, 0.2) is 30.3 Å². The van der Waals surface area contributed by atoms with E-state index >= 15 is 0 Å². The Kier molecular flexibility index (Phi) is 6.64. The number of aryl methyl sites for hydroxylation is 1. The number of halogens is 6. The number of aromatic amines is 1. The lowest BCUT2D eigenvalue weighted by Crippen LogP contribution is -2.11. The molecule has 0 atom stereocenters. The van der Waals surface area contributed by atoms with Gasteiger partial charge in [0.15, 0.2) is 0 Å². The number of nitrogens with two attached hydrogens (primary N) is 1. The van der Waals surface area contributed by atoms with Crippen LogP contribution in [0.2, 0.25) is 0 Å². The molecule has 3 N–H and O–H groups in total. The minimum Gasteiger partial charge on any atom is -0.497 e. The molecule has 0 aliphatic carbocycles. The molecule has 4 nitrogen and oxygen atoms in total. The Hall–Kier alpha value is -2.88. The Morgan fingerprint density at radius 2 is 1.62 bits per heavy atom. The first-order valence-corrected chi connectivity index (χ1v) is 9.76. The molecule has 0 bridgehead atoms. The maximum absolute atomic E-state index is 13.9. The van der Waals surface area contributed by atoms with Gasteiger partial charge in [0.2, 0.25) is 0 Å². The van der Waals surface area contributed by atoms with Gasteiger partial charge in [0.25, 0.3) is 0 Å². The smallest absolute Gasteiger partial charge is 0.417 e. The largest absolute Gasteiger partial charge is 0.497 e. The predicted octanol–water partition coefficient (Wildman–Crippen LogP) is 6.17. The van der Waals surface area contributed by atoms with Gasteiger partial charge in [-0.25, -0.2) is 0 Å². The van der Waals surface area contributed by atoms with Crippen molar-refractivity contribution >= 4 is 10.9 Å². The molecule has 0 saturated carbocycles. The summed E-state index contributed by atoms with van der Waals surface area (Å²) in [5.74, 6) is 0.751. The Labute approximate surface area is 180 Å². The third-order valence-electron chi connectivity index (χ3n) is 5.19. The maximum Gasteiger partial charge on any atom is 0.417 e. The summed E-state index contributed by atoms with van der Waals surface area (Å²) in [5.41, 5.74) is 3.44. The van der Waals surface area contributed by atoms with Gasteiger partial charge in [0, 0.05) is 16.5 Å². The number of aromatic nitrogens is 1. The van der Waals surface area contributed by atoms with E-state index in [9.17, 15) is 26.3 Å². The predicted molar refractivity (Wildman–Crippen MR) is 109 cm³/mol. The van der Waals surface area contributed by atoms with Gasteiger partial charge in [0.1, 0.15) is 11.5 Å². The highest BCUT2D eigenvalue weighted by molar-refractivity contribution is 5.95. The van der Waals surface area contributed by atoms with Crippen LogP contribution < -0.4 is 15.2 Å². The van der Waals surface area contributed by atoms with E-state index in [1.54, 1.807) is 18.2 Å². The van der Waals surface area contributed by atoms with E-state index in [1.165, 1.54) is 14.2 Å². The van der Waals surface area contributed by atoms with Crippen molar-refractivity contribution < 1.29 is 35.8 Å². The molecule has 0 radical (unpaired) electrons. The molecule has 0 saturated heterocycles. The standard InChI is InChI=1S/C22H22F6N2O2/c1-31-13-6-7-18(32-2)15(11-13)20-14(5-3-4-8-29)19-16(22(26,27)28)9-12(21(23,24)25)10-17(19)30-20/h6-7,9-11,30H,3-5,8,29H2,1-2H3. The number of H-pyrrole nitrogens is 1. The van der Waals surface area contributed by atoms with Crippen LogP contribution in [0.5, 0.6) is 11.5 Å². The number of unbranched alkanes of at least 4 members (excludes halogenated alkanes) is 1. The summed E-state index contributed by atoms with van der Waals surface area (Å²) in [5, 5.41) is -0.289. The molecular formula is C22H22F6N2O2. The first kappa shape index (κ1) is 23.8. The quantitative estimate of drug-likeness (QED) is 0.327. The van der Waals surface area contributed by atoms with E-state index in [2.05, 4.69) is 4.98 Å². The van der Waals surface area contributed by atoms with Crippen molar-refractivity contribution in [3.05, 3.63) is 47.0 Å². The first-order chi connectivity index (χ1) is 15.0. The van der Waals surface area contributed by atoms with Crippen molar-refractivity contribution in [3.8, 4) is 22.8 Å². The molecule has 1 aromatic heterocycles. The average molecular weight is 460 g/mol. The number of hydrogen-bond acceptors (Lipinski definition) is 3. The second-order valence-corrected chi connectivity index (χ2v) is 7.23. The molecule has 32 heavy (non-hydrogen) atoms. The van der Waals surface area contributed by atoms with Crippen LogP contribution in [0.1, 0.15) is 29.5 Å². The van der Waals surface area contributed by atoms with Crippen molar-refractivity contribution in [2.45, 2.75) is 31.6 Å². The van der Waals surface area contributed by atoms with Crippen molar-refractivity contribution in [2.75, 3.05) is 20.8 Å². The lowest BCUT2D eigenvalue weighted by Gasteiger charge is -2.15. The molecule has 3 aromatic rings. The van der Waals surface area contributed by atoms with Gasteiger partial charge < -0.3 is 20.2 Å². The molecule has 2 aromatic carbocycles. The summed E-state index contributed by atoms with van der Waals surface area (Å²) in [7, 11) is 2.82. The summed E-state index contributed by atoms with van der Waals surface area (Å²) < 4.78 is 92.3. The Morgan fingerprint density at radius 1 is 0.906 bits per heavy atom. The van der Waals surface area contributed by atoms with Gasteiger partial charge >= 0.3 is 12.4 Å². The summed E-state index contributed by atoms with van der Waals surface area (Å²) in [4.78, 5) is 2.79. The number of benzene rings is 2. The van der Waals surface area contributed by atoms with Crippen LogP contribution in [0, 0.1) is 0 Å². The number of nitrogens with one attached hydrogen (secondary N) is 1. The van der Waals surface area contributed by atoms with Crippen molar-refractivity contribution in [1.82, 2.24) is 4.98 Å². The monoisotopic (exact) mass is 460 g/mol. The van der Waals surface area contributed by atoms with Crippen molar-refractivity contribution in [3.63, 3.8) is 0 Å². The fourth-order valence-corrected chi connectivity index (χ4v) is 3.72. The number of ether oxygens (including phenoxy) is 2. The van der Waals surface area contributed by atoms with Crippen molar-refractivity contribution in [2.24, 2.45) is 5.73 Å². The van der Waals surface area contributed by atoms with E-state index in [1.807, 2.05) is 0 Å². The van der Waals surface area contributed by atoms with E-state index in [-0.39, 0.29) is 34.6 Å². The topological polar surface area (TPSA) is 60.3 Å². The molecule has 0 aliphatic rings. The van der Waals surface area contributed by atoms with Crippen LogP contribution >= 0.6 is 0 Å². The number of methoxy groups -OCH3 is 2. The van der Waals surface area contributed by atoms with Crippen LogP contribution in [-0.4, -0.2) is 25.7 Å². The fraction of sp³-hybridized carbons (Fsp3) is 0.364. The summed E-state index contributed by atoms with van der Waals surface area (Å²) in [6.45, 7) is 0.338. The number of alkyl halides is 6. The minimum atomic E-state index is -4.99. The van der Waals surface area contributed by atoms with Crippen molar-refractivity contribution in [1.29, 1.82) is 0 Å². The first-order valence-electron chi connectivity index (χ1n) is 9.76. The second-order valence-electron chi connectivity index (χ2n) is 7.23. The molecule has 1 heterocycles. The van der Waals surface area contributed by atoms with E-state index in [0.717, 1.165) is 0 Å². The van der Waals surface area contributed by atoms with Gasteiger partial charge in [-0.1, -0.05) is 0 Å². The van der Waals surface area contributed by atoms with Gasteiger partial charge in [0.05, 0.1) is 31.0 Å². The Bertz CT molecular complexity index is 1100. The highest BCUT2D eigenvalue weighted by atomic mass is 19.4. The molecule has 0 amide bonds. The zero-order valence-corrected chi connectivity index (χ0v) is 17.4. The number of hydrogen-bond donors (Lipinski definition) is 2. The highest BCUT2D eigenvalue weighted by Crippen LogP contribution is 2.45. The molecule has 0 unspecified atom stereocenters. The number of rotatable bonds is 7. The van der Waals surface area contributed by atoms with Crippen LogP contribution in [0.4, 0.5) is 26.3 Å².